The van der Waals surface area contributed by atoms with E-state index in [4.69, 9.17) is 23.2 Å². The lowest BCUT2D eigenvalue weighted by molar-refractivity contribution is 0.424. The maximum absolute atomic E-state index is 6.05. The fraction of sp³-hybridized carbons (Fsp3) is 0.455. The summed E-state index contributed by atoms with van der Waals surface area (Å²) in [6, 6.07) is 5.69. The molecule has 0 aliphatic rings. The van der Waals surface area contributed by atoms with Crippen molar-refractivity contribution < 1.29 is 0 Å². The summed E-state index contributed by atoms with van der Waals surface area (Å²) in [6.07, 6.45) is 0. The molecule has 0 aromatic heterocycles. The van der Waals surface area contributed by atoms with Crippen LogP contribution in [0, 0.1) is 0 Å². The van der Waals surface area contributed by atoms with Gasteiger partial charge in [-0.15, -0.1) is 12.4 Å². The molecule has 0 saturated heterocycles. The fourth-order valence-electron chi connectivity index (χ4n) is 1.05. The van der Waals surface area contributed by atoms with E-state index in [9.17, 15) is 0 Å². The Balaban J connectivity index is 0.00000196. The molecule has 4 heteroatoms. The summed E-state index contributed by atoms with van der Waals surface area (Å²) in [6.45, 7) is 7.09. The minimum atomic E-state index is 0. The van der Waals surface area contributed by atoms with Gasteiger partial charge in [0.25, 0.3) is 0 Å². The quantitative estimate of drug-likeness (QED) is 0.843. The monoisotopic (exact) mass is 267 g/mol. The third-order valence-corrected chi connectivity index (χ3v) is 2.70. The van der Waals surface area contributed by atoms with Crippen molar-refractivity contribution in [1.82, 2.24) is 5.32 Å². The minimum absolute atomic E-state index is 0. The molecule has 0 saturated carbocycles. The Morgan fingerprint density at radius 3 is 2.33 bits per heavy atom. The van der Waals surface area contributed by atoms with E-state index < -0.39 is 0 Å². The lowest BCUT2D eigenvalue weighted by Crippen LogP contribution is -2.35. The molecule has 0 fully saturated rings. The molecule has 0 radical (unpaired) electrons. The molecule has 86 valence electrons. The Morgan fingerprint density at radius 1 is 1.20 bits per heavy atom. The molecular formula is C11H16Cl3N. The van der Waals surface area contributed by atoms with Crippen LogP contribution in [0.1, 0.15) is 26.3 Å². The predicted octanol–water partition coefficient (Wildman–Crippen LogP) is 4.30. The molecule has 1 nitrogen and oxygen atoms in total. The predicted molar refractivity (Wildman–Crippen MR) is 70.3 cm³/mol. The van der Waals surface area contributed by atoms with Gasteiger partial charge in [0.2, 0.25) is 0 Å². The summed E-state index contributed by atoms with van der Waals surface area (Å²) in [5.74, 6) is 0. The summed E-state index contributed by atoms with van der Waals surface area (Å²) < 4.78 is 0. The first-order valence-corrected chi connectivity index (χ1v) is 5.34. The summed E-state index contributed by atoms with van der Waals surface area (Å²) in [5.41, 5.74) is 1.13. The van der Waals surface area contributed by atoms with E-state index in [1.165, 1.54) is 0 Å². The molecule has 1 N–H and O–H groups in total. The van der Waals surface area contributed by atoms with E-state index >= 15 is 0 Å². The van der Waals surface area contributed by atoms with Crippen molar-refractivity contribution in [2.24, 2.45) is 0 Å². The van der Waals surface area contributed by atoms with Gasteiger partial charge in [-0.2, -0.15) is 0 Å². The van der Waals surface area contributed by atoms with Crippen LogP contribution < -0.4 is 5.32 Å². The van der Waals surface area contributed by atoms with Crippen LogP contribution in [0.4, 0.5) is 0 Å². The molecule has 0 spiro atoms. The van der Waals surface area contributed by atoms with Crippen LogP contribution >= 0.6 is 35.6 Å². The van der Waals surface area contributed by atoms with Crippen LogP contribution in [-0.2, 0) is 6.54 Å². The van der Waals surface area contributed by atoms with Crippen molar-refractivity contribution in [3.8, 4) is 0 Å². The normalized spacial score (nSPS) is 11.0. The van der Waals surface area contributed by atoms with E-state index in [-0.39, 0.29) is 17.9 Å². The highest BCUT2D eigenvalue weighted by atomic mass is 35.5. The Labute approximate surface area is 108 Å². The topological polar surface area (TPSA) is 12.0 Å². The van der Waals surface area contributed by atoms with E-state index in [2.05, 4.69) is 26.1 Å². The minimum Gasteiger partial charge on any atom is -0.308 e. The Bertz CT molecular complexity index is 318. The fourth-order valence-corrected chi connectivity index (χ4v) is 1.43. The molecule has 15 heavy (non-hydrogen) atoms. The van der Waals surface area contributed by atoms with Crippen molar-refractivity contribution in [1.29, 1.82) is 0 Å². The van der Waals surface area contributed by atoms with Crippen molar-refractivity contribution in [3.05, 3.63) is 33.8 Å². The van der Waals surface area contributed by atoms with E-state index in [1.54, 1.807) is 6.07 Å². The zero-order valence-electron chi connectivity index (χ0n) is 9.10. The molecule has 1 aromatic rings. The van der Waals surface area contributed by atoms with E-state index in [0.717, 1.165) is 12.1 Å². The number of hydrogen-bond acceptors (Lipinski definition) is 1. The molecule has 0 atom stereocenters. The SMILES string of the molecule is CC(C)(C)NCc1cccc(Cl)c1Cl.Cl. The molecule has 0 aliphatic carbocycles. The molecule has 0 bridgehead atoms. The second-order valence-corrected chi connectivity index (χ2v) is 5.10. The van der Waals surface area contributed by atoms with E-state index in [0.29, 0.717) is 10.0 Å². The highest BCUT2D eigenvalue weighted by Crippen LogP contribution is 2.25. The van der Waals surface area contributed by atoms with Gasteiger partial charge >= 0.3 is 0 Å². The maximum Gasteiger partial charge on any atom is 0.0637 e. The van der Waals surface area contributed by atoms with Gasteiger partial charge in [0, 0.05) is 12.1 Å². The Morgan fingerprint density at radius 2 is 1.80 bits per heavy atom. The van der Waals surface area contributed by atoms with Crippen LogP contribution in [0.2, 0.25) is 10.0 Å². The number of hydrogen-bond donors (Lipinski definition) is 1. The number of benzene rings is 1. The molecule has 1 rings (SSSR count). The molecule has 0 unspecified atom stereocenters. The summed E-state index contributed by atoms with van der Waals surface area (Å²) in [5, 5.41) is 4.62. The third kappa shape index (κ3) is 5.07. The molecule has 1 aromatic carbocycles. The Kier molecular flexibility index (Phi) is 5.97. The molecule has 0 aliphatic heterocycles. The van der Waals surface area contributed by atoms with Gasteiger partial charge in [0.05, 0.1) is 10.0 Å². The molecule has 0 heterocycles. The standard InChI is InChI=1S/C11H15Cl2N.ClH/c1-11(2,3)14-7-8-5-4-6-9(12)10(8)13;/h4-6,14H,7H2,1-3H3;1H. The van der Waals surface area contributed by atoms with Crippen molar-refractivity contribution in [2.75, 3.05) is 0 Å². The summed E-state index contributed by atoms with van der Waals surface area (Å²) in [7, 11) is 0. The van der Waals surface area contributed by atoms with Crippen molar-refractivity contribution >= 4 is 35.6 Å². The molecular weight excluding hydrogens is 252 g/mol. The first kappa shape index (κ1) is 15.0. The van der Waals surface area contributed by atoms with Gasteiger partial charge in [-0.25, -0.2) is 0 Å². The zero-order valence-corrected chi connectivity index (χ0v) is 11.4. The second kappa shape index (κ2) is 5.95. The van der Waals surface area contributed by atoms with Crippen LogP contribution in [0.3, 0.4) is 0 Å². The van der Waals surface area contributed by atoms with Crippen LogP contribution in [0.25, 0.3) is 0 Å². The number of rotatable bonds is 2. The van der Waals surface area contributed by atoms with Crippen LogP contribution in [-0.4, -0.2) is 5.54 Å². The van der Waals surface area contributed by atoms with Gasteiger partial charge in [-0.05, 0) is 32.4 Å². The van der Waals surface area contributed by atoms with Gasteiger partial charge in [0.1, 0.15) is 0 Å². The third-order valence-electron chi connectivity index (χ3n) is 1.84. The van der Waals surface area contributed by atoms with Gasteiger partial charge in [-0.1, -0.05) is 35.3 Å². The molecule has 0 amide bonds. The largest absolute Gasteiger partial charge is 0.308 e. The van der Waals surface area contributed by atoms with Crippen LogP contribution in [0.5, 0.6) is 0 Å². The zero-order chi connectivity index (χ0) is 10.8. The average molecular weight is 269 g/mol. The highest BCUT2D eigenvalue weighted by Gasteiger charge is 2.10. The second-order valence-electron chi connectivity index (χ2n) is 4.32. The summed E-state index contributed by atoms with van der Waals surface area (Å²) >= 11 is 12.0. The number of halogens is 3. The average Bonchev–Trinajstić information content (AvgIpc) is 2.06. The van der Waals surface area contributed by atoms with Gasteiger partial charge < -0.3 is 5.32 Å². The maximum atomic E-state index is 6.05. The van der Waals surface area contributed by atoms with Crippen molar-refractivity contribution in [2.45, 2.75) is 32.9 Å². The smallest absolute Gasteiger partial charge is 0.0637 e. The first-order chi connectivity index (χ1) is 6.40. The summed E-state index contributed by atoms with van der Waals surface area (Å²) in [4.78, 5) is 0. The Hall–Kier alpha value is 0.0500. The van der Waals surface area contributed by atoms with Gasteiger partial charge in [-0.3, -0.25) is 0 Å². The van der Waals surface area contributed by atoms with Crippen molar-refractivity contribution in [3.63, 3.8) is 0 Å². The van der Waals surface area contributed by atoms with Crippen LogP contribution in [0.15, 0.2) is 18.2 Å². The lowest BCUT2D eigenvalue weighted by Gasteiger charge is -2.21. The van der Waals surface area contributed by atoms with Gasteiger partial charge in [0.15, 0.2) is 0 Å². The highest BCUT2D eigenvalue weighted by molar-refractivity contribution is 6.42. The first-order valence-electron chi connectivity index (χ1n) is 4.58. The lowest BCUT2D eigenvalue weighted by atomic mass is 10.1. The van der Waals surface area contributed by atoms with E-state index in [1.807, 2.05) is 12.1 Å². The number of nitrogens with one attached hydrogen (secondary N) is 1.